The van der Waals surface area contributed by atoms with Gasteiger partial charge in [-0.15, -0.1) is 0 Å². The normalized spacial score (nSPS) is 9.93. The van der Waals surface area contributed by atoms with Gasteiger partial charge in [0.15, 0.2) is 0 Å². The molecular formula is C9H8BrNO4. The molecule has 15 heavy (non-hydrogen) atoms. The van der Waals surface area contributed by atoms with Gasteiger partial charge in [-0.1, -0.05) is 15.9 Å². The molecule has 0 amide bonds. The Balaban J connectivity index is 3.28. The number of anilines is 1. The van der Waals surface area contributed by atoms with Gasteiger partial charge in [0.1, 0.15) is 0 Å². The molecule has 0 fully saturated rings. The lowest BCUT2D eigenvalue weighted by Gasteiger charge is -2.07. The second kappa shape index (κ2) is 4.31. The minimum atomic E-state index is -1.18. The lowest BCUT2D eigenvalue weighted by atomic mass is 10.1. The number of rotatable bonds is 3. The molecule has 5 nitrogen and oxygen atoms in total. The average molecular weight is 274 g/mol. The Labute approximate surface area is 93.6 Å². The summed E-state index contributed by atoms with van der Waals surface area (Å²) in [4.78, 5) is 21.3. The third kappa shape index (κ3) is 2.69. The van der Waals surface area contributed by atoms with E-state index in [1.54, 1.807) is 0 Å². The van der Waals surface area contributed by atoms with Gasteiger partial charge in [0.05, 0.1) is 17.7 Å². The van der Waals surface area contributed by atoms with Gasteiger partial charge in [-0.2, -0.15) is 0 Å². The monoisotopic (exact) mass is 273 g/mol. The van der Waals surface area contributed by atoms with Crippen molar-refractivity contribution in [3.8, 4) is 0 Å². The zero-order valence-electron chi connectivity index (χ0n) is 7.53. The summed E-state index contributed by atoms with van der Waals surface area (Å²) < 4.78 is 0.491. The highest BCUT2D eigenvalue weighted by molar-refractivity contribution is 9.10. The number of nitrogen functional groups attached to an aromatic ring is 1. The Morgan fingerprint density at radius 2 is 1.93 bits per heavy atom. The largest absolute Gasteiger partial charge is 0.481 e. The van der Waals surface area contributed by atoms with Gasteiger partial charge in [0.25, 0.3) is 0 Å². The van der Waals surface area contributed by atoms with Crippen molar-refractivity contribution in [1.29, 1.82) is 0 Å². The number of aromatic carboxylic acids is 1. The molecule has 0 aliphatic carbocycles. The molecule has 1 aromatic carbocycles. The SMILES string of the molecule is Nc1c(CC(=O)O)cc(Br)cc1C(=O)O. The number of carboxylic acids is 2. The van der Waals surface area contributed by atoms with Crippen LogP contribution in [-0.4, -0.2) is 22.2 Å². The lowest BCUT2D eigenvalue weighted by Crippen LogP contribution is -2.09. The van der Waals surface area contributed by atoms with E-state index in [1.807, 2.05) is 0 Å². The summed E-state index contributed by atoms with van der Waals surface area (Å²) in [6, 6.07) is 2.83. The topological polar surface area (TPSA) is 101 Å². The van der Waals surface area contributed by atoms with E-state index >= 15 is 0 Å². The van der Waals surface area contributed by atoms with Crippen molar-refractivity contribution < 1.29 is 19.8 Å². The van der Waals surface area contributed by atoms with Crippen LogP contribution >= 0.6 is 15.9 Å². The molecule has 1 aromatic rings. The van der Waals surface area contributed by atoms with Crippen molar-refractivity contribution in [3.63, 3.8) is 0 Å². The predicted molar refractivity (Wildman–Crippen MR) is 56.9 cm³/mol. The molecule has 0 radical (unpaired) electrons. The van der Waals surface area contributed by atoms with Crippen LogP contribution in [0.4, 0.5) is 5.69 Å². The molecule has 0 saturated heterocycles. The van der Waals surface area contributed by atoms with Gasteiger partial charge < -0.3 is 15.9 Å². The Morgan fingerprint density at radius 3 is 2.40 bits per heavy atom. The molecule has 1 rings (SSSR count). The lowest BCUT2D eigenvalue weighted by molar-refractivity contribution is -0.136. The smallest absolute Gasteiger partial charge is 0.337 e. The van der Waals surface area contributed by atoms with Crippen molar-refractivity contribution in [1.82, 2.24) is 0 Å². The van der Waals surface area contributed by atoms with Gasteiger partial charge in [0.2, 0.25) is 0 Å². The summed E-state index contributed by atoms with van der Waals surface area (Å²) in [5.41, 5.74) is 5.72. The predicted octanol–water partition coefficient (Wildman–Crippen LogP) is 1.36. The van der Waals surface area contributed by atoms with Crippen LogP contribution in [0, 0.1) is 0 Å². The average Bonchev–Trinajstić information content (AvgIpc) is 2.09. The third-order valence-electron chi connectivity index (χ3n) is 1.80. The number of aliphatic carboxylic acids is 1. The van der Waals surface area contributed by atoms with Crippen LogP contribution in [0.5, 0.6) is 0 Å². The first-order valence-corrected chi connectivity index (χ1v) is 4.74. The summed E-state index contributed by atoms with van der Waals surface area (Å²) in [6.45, 7) is 0. The molecular weight excluding hydrogens is 266 g/mol. The fraction of sp³-hybridized carbons (Fsp3) is 0.111. The number of carbonyl (C=O) groups is 2. The maximum absolute atomic E-state index is 10.8. The van der Waals surface area contributed by atoms with E-state index in [1.165, 1.54) is 12.1 Å². The molecule has 0 aliphatic rings. The van der Waals surface area contributed by atoms with E-state index in [0.29, 0.717) is 4.47 Å². The highest BCUT2D eigenvalue weighted by Gasteiger charge is 2.14. The highest BCUT2D eigenvalue weighted by Crippen LogP contribution is 2.24. The van der Waals surface area contributed by atoms with Crippen molar-refractivity contribution >= 4 is 33.6 Å². The fourth-order valence-corrected chi connectivity index (χ4v) is 1.67. The summed E-state index contributed by atoms with van der Waals surface area (Å²) in [6.07, 6.45) is -0.300. The maximum atomic E-state index is 10.8. The molecule has 0 spiro atoms. The van der Waals surface area contributed by atoms with Crippen molar-refractivity contribution in [2.75, 3.05) is 5.73 Å². The minimum Gasteiger partial charge on any atom is -0.481 e. The number of hydrogen-bond acceptors (Lipinski definition) is 3. The molecule has 0 atom stereocenters. The molecule has 0 saturated carbocycles. The standard InChI is InChI=1S/C9H8BrNO4/c10-5-1-4(2-7(12)13)8(11)6(3-5)9(14)15/h1,3H,2,11H2,(H,12,13)(H,14,15). The Morgan fingerprint density at radius 1 is 1.33 bits per heavy atom. The van der Waals surface area contributed by atoms with E-state index < -0.39 is 11.9 Å². The van der Waals surface area contributed by atoms with Crippen molar-refractivity contribution in [2.45, 2.75) is 6.42 Å². The van der Waals surface area contributed by atoms with E-state index in [9.17, 15) is 9.59 Å². The number of benzene rings is 1. The summed E-state index contributed by atoms with van der Waals surface area (Å²) in [7, 11) is 0. The second-order valence-electron chi connectivity index (χ2n) is 2.90. The molecule has 0 heterocycles. The first-order chi connectivity index (χ1) is 6.91. The molecule has 4 N–H and O–H groups in total. The number of nitrogens with two attached hydrogens (primary N) is 1. The van der Waals surface area contributed by atoms with E-state index in [4.69, 9.17) is 15.9 Å². The number of hydrogen-bond donors (Lipinski definition) is 3. The van der Waals surface area contributed by atoms with E-state index in [2.05, 4.69) is 15.9 Å². The van der Waals surface area contributed by atoms with Crippen molar-refractivity contribution in [3.05, 3.63) is 27.7 Å². The van der Waals surface area contributed by atoms with Crippen LogP contribution in [0.2, 0.25) is 0 Å². The fourth-order valence-electron chi connectivity index (χ4n) is 1.16. The second-order valence-corrected chi connectivity index (χ2v) is 3.82. The minimum absolute atomic E-state index is 0.00639. The van der Waals surface area contributed by atoms with Crippen molar-refractivity contribution in [2.24, 2.45) is 0 Å². The zero-order valence-corrected chi connectivity index (χ0v) is 9.11. The molecule has 0 unspecified atom stereocenters. The third-order valence-corrected chi connectivity index (χ3v) is 2.26. The number of halogens is 1. The maximum Gasteiger partial charge on any atom is 0.337 e. The molecule has 6 heteroatoms. The zero-order chi connectivity index (χ0) is 11.6. The van der Waals surface area contributed by atoms with Gasteiger partial charge in [-0.25, -0.2) is 4.79 Å². The van der Waals surface area contributed by atoms with Gasteiger partial charge >= 0.3 is 11.9 Å². The Hall–Kier alpha value is -1.56. The van der Waals surface area contributed by atoms with Gasteiger partial charge in [0, 0.05) is 4.47 Å². The molecule has 80 valence electrons. The quantitative estimate of drug-likeness (QED) is 0.722. The van der Waals surface area contributed by atoms with Crippen LogP contribution in [0.1, 0.15) is 15.9 Å². The van der Waals surface area contributed by atoms with Gasteiger partial charge in [-0.05, 0) is 17.7 Å². The number of carboxylic acid groups (broad SMARTS) is 2. The Bertz CT molecular complexity index is 430. The van der Waals surface area contributed by atoms with E-state index in [0.717, 1.165) is 0 Å². The van der Waals surface area contributed by atoms with E-state index in [-0.39, 0.29) is 23.2 Å². The summed E-state index contributed by atoms with van der Waals surface area (Å²) in [5, 5.41) is 17.4. The van der Waals surface area contributed by atoms with Crippen LogP contribution in [-0.2, 0) is 11.2 Å². The summed E-state index contributed by atoms with van der Waals surface area (Å²) >= 11 is 3.09. The summed E-state index contributed by atoms with van der Waals surface area (Å²) in [5.74, 6) is -2.24. The van der Waals surface area contributed by atoms with Crippen LogP contribution < -0.4 is 5.73 Å². The first-order valence-electron chi connectivity index (χ1n) is 3.94. The highest BCUT2D eigenvalue weighted by atomic mass is 79.9. The molecule has 0 bridgehead atoms. The molecule has 0 aliphatic heterocycles. The van der Waals surface area contributed by atoms with Gasteiger partial charge in [-0.3, -0.25) is 4.79 Å². The Kier molecular flexibility index (Phi) is 3.31. The molecule has 0 aromatic heterocycles. The van der Waals surface area contributed by atoms with Crippen LogP contribution in [0.25, 0.3) is 0 Å². The van der Waals surface area contributed by atoms with Crippen LogP contribution in [0.15, 0.2) is 16.6 Å². The first kappa shape index (κ1) is 11.5. The van der Waals surface area contributed by atoms with Crippen LogP contribution in [0.3, 0.4) is 0 Å².